The molecule has 0 bridgehead atoms. The van der Waals surface area contributed by atoms with E-state index in [1.165, 1.54) is 43.5 Å². The molecular weight excluding hydrogens is 382 g/mol. The molecule has 0 unspecified atom stereocenters. The lowest BCUT2D eigenvalue weighted by Crippen LogP contribution is -2.32. The van der Waals surface area contributed by atoms with Crippen LogP contribution in [0.3, 0.4) is 0 Å². The first-order chi connectivity index (χ1) is 12.3. The Labute approximate surface area is 155 Å². The summed E-state index contributed by atoms with van der Waals surface area (Å²) in [5.74, 6) is -0.706. The number of carbonyl (C=O) groups is 1. The van der Waals surface area contributed by atoms with Gasteiger partial charge in [-0.3, -0.25) is 4.31 Å². The van der Waals surface area contributed by atoms with E-state index in [1.807, 2.05) is 0 Å². The number of hydrogen-bond donors (Lipinski definition) is 1. The van der Waals surface area contributed by atoms with Crippen molar-refractivity contribution < 1.29 is 27.8 Å². The van der Waals surface area contributed by atoms with Crippen molar-refractivity contribution >= 4 is 33.3 Å². The normalized spacial score (nSPS) is 14.2. The van der Waals surface area contributed by atoms with Gasteiger partial charge in [-0.15, -0.1) is 0 Å². The number of anilines is 1. The molecule has 1 aliphatic rings. The molecule has 0 amide bonds. The summed E-state index contributed by atoms with van der Waals surface area (Å²) in [4.78, 5) is 11.2. The van der Waals surface area contributed by atoms with Crippen molar-refractivity contribution in [3.63, 3.8) is 0 Å². The van der Waals surface area contributed by atoms with E-state index < -0.39 is 16.0 Å². The predicted octanol–water partition coefficient (Wildman–Crippen LogP) is 3.02. The molecule has 1 aliphatic heterocycles. The van der Waals surface area contributed by atoms with Crippen LogP contribution in [0.1, 0.15) is 16.8 Å². The van der Waals surface area contributed by atoms with Crippen LogP contribution in [-0.2, 0) is 10.0 Å². The molecule has 0 saturated carbocycles. The molecule has 0 saturated heterocycles. The Bertz CT molecular complexity index is 960. The maximum Gasteiger partial charge on any atom is 0.335 e. The molecule has 0 aliphatic carbocycles. The zero-order valence-electron chi connectivity index (χ0n) is 13.8. The first-order valence-electron chi connectivity index (χ1n) is 7.71. The molecule has 0 spiro atoms. The topological polar surface area (TPSA) is 93.1 Å². The first kappa shape index (κ1) is 18.3. The quantitative estimate of drug-likeness (QED) is 0.852. The van der Waals surface area contributed by atoms with E-state index in [0.717, 1.165) is 4.31 Å². The summed E-state index contributed by atoms with van der Waals surface area (Å²) in [6, 6.07) is 8.43. The van der Waals surface area contributed by atoms with Crippen LogP contribution in [0, 0.1) is 0 Å². The number of benzene rings is 2. The largest absolute Gasteiger partial charge is 0.495 e. The Balaban J connectivity index is 2.19. The fourth-order valence-electron chi connectivity index (χ4n) is 2.70. The zero-order valence-corrected chi connectivity index (χ0v) is 15.4. The fraction of sp³-hybridized carbons (Fsp3) is 0.235. The number of carboxylic acids is 1. The number of fused-ring (bicyclic) bond motifs is 1. The molecule has 0 radical (unpaired) electrons. The van der Waals surface area contributed by atoms with Crippen LogP contribution in [0.25, 0.3) is 0 Å². The maximum atomic E-state index is 13.3. The smallest absolute Gasteiger partial charge is 0.335 e. The third-order valence-corrected chi connectivity index (χ3v) is 6.00. The van der Waals surface area contributed by atoms with Crippen molar-refractivity contribution in [3.05, 3.63) is 47.0 Å². The highest BCUT2D eigenvalue weighted by molar-refractivity contribution is 7.93. The first-order valence-corrected chi connectivity index (χ1v) is 9.53. The van der Waals surface area contributed by atoms with E-state index in [1.54, 1.807) is 0 Å². The van der Waals surface area contributed by atoms with Gasteiger partial charge < -0.3 is 14.6 Å². The molecule has 2 aromatic rings. The minimum atomic E-state index is -4.06. The van der Waals surface area contributed by atoms with Crippen LogP contribution >= 0.6 is 11.6 Å². The summed E-state index contributed by atoms with van der Waals surface area (Å²) in [6.45, 7) is 0.451. The number of carboxylic acid groups (broad SMARTS) is 1. The third-order valence-electron chi connectivity index (χ3n) is 3.93. The Hall–Kier alpha value is -2.45. The van der Waals surface area contributed by atoms with E-state index >= 15 is 0 Å². The van der Waals surface area contributed by atoms with Crippen molar-refractivity contribution in [2.75, 3.05) is 24.6 Å². The molecule has 0 aromatic heterocycles. The lowest BCUT2D eigenvalue weighted by Gasteiger charge is -2.24. The van der Waals surface area contributed by atoms with Crippen molar-refractivity contribution in [1.82, 2.24) is 0 Å². The third kappa shape index (κ3) is 3.30. The van der Waals surface area contributed by atoms with E-state index in [-0.39, 0.29) is 33.5 Å². The van der Waals surface area contributed by atoms with E-state index in [4.69, 9.17) is 21.1 Å². The van der Waals surface area contributed by atoms with Crippen LogP contribution in [0.5, 0.6) is 11.5 Å². The molecule has 138 valence electrons. The van der Waals surface area contributed by atoms with Gasteiger partial charge in [0.05, 0.1) is 25.0 Å². The number of ether oxygens (including phenoxy) is 2. The number of sulfonamides is 1. The van der Waals surface area contributed by atoms with Gasteiger partial charge in [-0.05, 0) is 36.4 Å². The number of rotatable bonds is 4. The molecule has 3 rings (SSSR count). The number of hydrogen-bond acceptors (Lipinski definition) is 5. The summed E-state index contributed by atoms with van der Waals surface area (Å²) in [6.07, 6.45) is 0.444. The molecule has 0 atom stereocenters. The van der Waals surface area contributed by atoms with Crippen molar-refractivity contribution in [2.24, 2.45) is 0 Å². The Morgan fingerprint density at radius 3 is 2.73 bits per heavy atom. The average molecular weight is 398 g/mol. The second-order valence-corrected chi connectivity index (χ2v) is 7.83. The summed E-state index contributed by atoms with van der Waals surface area (Å²) >= 11 is 5.98. The number of halogens is 1. The number of nitrogens with zero attached hydrogens (tertiary/aromatic N) is 1. The lowest BCUT2D eigenvalue weighted by molar-refractivity contribution is 0.0697. The van der Waals surface area contributed by atoms with Gasteiger partial charge in [0.1, 0.15) is 16.4 Å². The van der Waals surface area contributed by atoms with Gasteiger partial charge in [-0.1, -0.05) is 11.6 Å². The summed E-state index contributed by atoms with van der Waals surface area (Å²) in [5, 5.41) is 9.48. The molecule has 1 heterocycles. The molecule has 0 fully saturated rings. The monoisotopic (exact) mass is 397 g/mol. The molecular formula is C17H16ClNO6S. The zero-order chi connectivity index (χ0) is 18.9. The summed E-state index contributed by atoms with van der Waals surface area (Å²) in [7, 11) is -2.69. The minimum Gasteiger partial charge on any atom is -0.495 e. The summed E-state index contributed by atoms with van der Waals surface area (Å²) < 4.78 is 38.5. The predicted molar refractivity (Wildman–Crippen MR) is 96.0 cm³/mol. The Morgan fingerprint density at radius 2 is 2.04 bits per heavy atom. The highest BCUT2D eigenvalue weighted by Gasteiger charge is 2.32. The summed E-state index contributed by atoms with van der Waals surface area (Å²) in [5.41, 5.74) is 0.136. The highest BCUT2D eigenvalue weighted by Crippen LogP contribution is 2.38. The minimum absolute atomic E-state index is 0.0347. The van der Waals surface area contributed by atoms with Gasteiger partial charge in [-0.2, -0.15) is 0 Å². The number of aromatic carboxylic acids is 1. The van der Waals surface area contributed by atoms with E-state index in [9.17, 15) is 18.3 Å². The molecule has 2 aromatic carbocycles. The maximum absolute atomic E-state index is 13.3. The van der Waals surface area contributed by atoms with Crippen LogP contribution in [0.2, 0.25) is 5.02 Å². The molecule has 1 N–H and O–H groups in total. The van der Waals surface area contributed by atoms with Crippen LogP contribution in [-0.4, -0.2) is 39.8 Å². The molecule has 26 heavy (non-hydrogen) atoms. The van der Waals surface area contributed by atoms with Gasteiger partial charge >= 0.3 is 5.97 Å². The van der Waals surface area contributed by atoms with E-state index in [0.29, 0.717) is 18.8 Å². The Kier molecular flexibility index (Phi) is 4.97. The van der Waals surface area contributed by atoms with Crippen molar-refractivity contribution in [1.29, 1.82) is 0 Å². The van der Waals surface area contributed by atoms with Crippen molar-refractivity contribution in [2.45, 2.75) is 11.3 Å². The molecule has 9 heteroatoms. The van der Waals surface area contributed by atoms with Gasteiger partial charge in [0.15, 0.2) is 0 Å². The Morgan fingerprint density at radius 1 is 1.27 bits per heavy atom. The second kappa shape index (κ2) is 7.05. The van der Waals surface area contributed by atoms with Crippen LogP contribution in [0.15, 0.2) is 41.3 Å². The fourth-order valence-corrected chi connectivity index (χ4v) is 4.63. The van der Waals surface area contributed by atoms with Gasteiger partial charge in [0.2, 0.25) is 0 Å². The van der Waals surface area contributed by atoms with Gasteiger partial charge in [0.25, 0.3) is 10.0 Å². The lowest BCUT2D eigenvalue weighted by atomic mass is 10.2. The second-order valence-electron chi connectivity index (χ2n) is 5.56. The number of methoxy groups -OCH3 is 1. The van der Waals surface area contributed by atoms with Gasteiger partial charge in [-0.25, -0.2) is 13.2 Å². The SMILES string of the molecule is COc1ccc(Cl)cc1S(=O)(=O)N1CCCOc2ccc(C(=O)O)cc21. The standard InChI is InChI=1S/C17H16ClNO6S/c1-24-15-6-4-12(18)10-16(15)26(22,23)19-7-2-8-25-14-5-3-11(17(20)21)9-13(14)19/h3-6,9-10H,2,7-8H2,1H3,(H,20,21). The van der Waals surface area contributed by atoms with Gasteiger partial charge in [0, 0.05) is 18.0 Å². The van der Waals surface area contributed by atoms with Crippen molar-refractivity contribution in [3.8, 4) is 11.5 Å². The highest BCUT2D eigenvalue weighted by atomic mass is 35.5. The average Bonchev–Trinajstić information content (AvgIpc) is 2.83. The van der Waals surface area contributed by atoms with E-state index in [2.05, 4.69) is 0 Å². The molecule has 7 nitrogen and oxygen atoms in total. The van der Waals surface area contributed by atoms with Crippen LogP contribution in [0.4, 0.5) is 5.69 Å². The van der Waals surface area contributed by atoms with Crippen LogP contribution < -0.4 is 13.8 Å².